The monoisotopic (exact) mass is 438 g/mol. The van der Waals surface area contributed by atoms with Crippen LogP contribution in [0.4, 0.5) is 11.5 Å². The van der Waals surface area contributed by atoms with Gasteiger partial charge in [0.2, 0.25) is 5.91 Å². The number of nitrogens with zero attached hydrogens (tertiary/aromatic N) is 5. The van der Waals surface area contributed by atoms with E-state index in [9.17, 15) is 9.59 Å². The Morgan fingerprint density at radius 3 is 2.78 bits per heavy atom. The topological polar surface area (TPSA) is 92.6 Å². The van der Waals surface area contributed by atoms with E-state index >= 15 is 0 Å². The van der Waals surface area contributed by atoms with Crippen LogP contribution in [0.25, 0.3) is 0 Å². The van der Waals surface area contributed by atoms with Gasteiger partial charge in [0.25, 0.3) is 5.91 Å². The SMILES string of the molecule is Cc1nn(C)c(C)c1CN(C(=O)c1cnc2c(c1)N(CC1CCCO1)C(=O)CN2)C1CC1. The fourth-order valence-corrected chi connectivity index (χ4v) is 4.63. The van der Waals surface area contributed by atoms with E-state index in [2.05, 4.69) is 15.4 Å². The summed E-state index contributed by atoms with van der Waals surface area (Å²) in [7, 11) is 1.93. The minimum atomic E-state index is -0.0551. The molecule has 4 heterocycles. The van der Waals surface area contributed by atoms with Gasteiger partial charge in [-0.15, -0.1) is 0 Å². The minimum absolute atomic E-state index is 0.0277. The summed E-state index contributed by atoms with van der Waals surface area (Å²) < 4.78 is 7.61. The lowest BCUT2D eigenvalue weighted by Crippen LogP contribution is -2.44. The van der Waals surface area contributed by atoms with Crippen LogP contribution in [0.5, 0.6) is 0 Å². The first-order valence-electron chi connectivity index (χ1n) is 11.4. The molecule has 0 spiro atoms. The second kappa shape index (κ2) is 8.20. The Bertz CT molecular complexity index is 1050. The number of carbonyl (C=O) groups excluding carboxylic acids is 2. The van der Waals surface area contributed by atoms with E-state index in [4.69, 9.17) is 4.74 Å². The van der Waals surface area contributed by atoms with E-state index in [0.29, 0.717) is 30.2 Å². The second-order valence-corrected chi connectivity index (χ2v) is 9.02. The number of amides is 2. The number of hydrogen-bond donors (Lipinski definition) is 1. The average molecular weight is 439 g/mol. The molecule has 5 rings (SSSR count). The molecular weight excluding hydrogens is 408 g/mol. The number of pyridine rings is 1. The number of aromatic nitrogens is 3. The molecule has 2 aromatic heterocycles. The molecule has 2 aliphatic heterocycles. The summed E-state index contributed by atoms with van der Waals surface area (Å²) in [5.41, 5.74) is 4.28. The summed E-state index contributed by atoms with van der Waals surface area (Å²) in [5, 5.41) is 7.58. The quantitative estimate of drug-likeness (QED) is 0.743. The number of fused-ring (bicyclic) bond motifs is 1. The number of anilines is 2. The van der Waals surface area contributed by atoms with Crippen LogP contribution < -0.4 is 10.2 Å². The number of rotatable bonds is 6. The number of hydrogen-bond acceptors (Lipinski definition) is 6. The van der Waals surface area contributed by atoms with Gasteiger partial charge in [-0.1, -0.05) is 0 Å². The molecule has 1 N–H and O–H groups in total. The Hall–Kier alpha value is -2.94. The largest absolute Gasteiger partial charge is 0.376 e. The highest BCUT2D eigenvalue weighted by Crippen LogP contribution is 2.34. The fraction of sp³-hybridized carbons (Fsp3) is 0.565. The molecule has 1 aliphatic carbocycles. The maximum atomic E-state index is 13.6. The molecule has 1 saturated carbocycles. The van der Waals surface area contributed by atoms with E-state index in [0.717, 1.165) is 49.2 Å². The molecule has 3 aliphatic rings. The molecule has 32 heavy (non-hydrogen) atoms. The molecule has 2 aromatic rings. The lowest BCUT2D eigenvalue weighted by atomic mass is 10.1. The zero-order valence-corrected chi connectivity index (χ0v) is 18.9. The van der Waals surface area contributed by atoms with E-state index < -0.39 is 0 Å². The van der Waals surface area contributed by atoms with Gasteiger partial charge in [0.05, 0.1) is 36.1 Å². The van der Waals surface area contributed by atoms with Gasteiger partial charge < -0.3 is 19.9 Å². The number of aryl methyl sites for hydroxylation is 2. The molecule has 9 heteroatoms. The Kier molecular flexibility index (Phi) is 5.36. The zero-order chi connectivity index (χ0) is 22.4. The van der Waals surface area contributed by atoms with Crippen molar-refractivity contribution in [2.75, 3.05) is 29.9 Å². The average Bonchev–Trinajstić information content (AvgIpc) is 3.43. The molecule has 2 fully saturated rings. The predicted octanol–water partition coefficient (Wildman–Crippen LogP) is 2.17. The van der Waals surface area contributed by atoms with Crippen molar-refractivity contribution in [3.05, 3.63) is 34.8 Å². The van der Waals surface area contributed by atoms with Crippen molar-refractivity contribution in [2.45, 2.75) is 58.2 Å². The fourth-order valence-electron chi connectivity index (χ4n) is 4.63. The highest BCUT2D eigenvalue weighted by Gasteiger charge is 2.35. The van der Waals surface area contributed by atoms with Gasteiger partial charge in [-0.3, -0.25) is 14.3 Å². The van der Waals surface area contributed by atoms with E-state index in [-0.39, 0.29) is 30.5 Å². The zero-order valence-electron chi connectivity index (χ0n) is 18.9. The van der Waals surface area contributed by atoms with E-state index in [1.807, 2.05) is 36.5 Å². The standard InChI is InChI=1S/C23H30N6O3/c1-14-19(15(2)27(3)26-14)13-28(17-6-7-17)23(31)16-9-20-22(24-10-16)25-11-21(30)29(20)12-18-5-4-8-32-18/h9-10,17-18H,4-8,11-13H2,1-3H3,(H,24,25). The smallest absolute Gasteiger partial charge is 0.256 e. The molecular formula is C23H30N6O3. The lowest BCUT2D eigenvalue weighted by molar-refractivity contribution is -0.117. The van der Waals surface area contributed by atoms with Crippen LogP contribution in [0.2, 0.25) is 0 Å². The summed E-state index contributed by atoms with van der Waals surface area (Å²) in [4.78, 5) is 34.4. The van der Waals surface area contributed by atoms with Crippen LogP contribution in [-0.2, 0) is 23.1 Å². The first-order chi connectivity index (χ1) is 15.4. The molecule has 1 saturated heterocycles. The normalized spacial score (nSPS) is 20.3. The summed E-state index contributed by atoms with van der Waals surface area (Å²) in [6.45, 7) is 5.98. The third-order valence-electron chi connectivity index (χ3n) is 6.76. The van der Waals surface area contributed by atoms with E-state index in [1.165, 1.54) is 0 Å². The maximum Gasteiger partial charge on any atom is 0.256 e. The predicted molar refractivity (Wildman–Crippen MR) is 120 cm³/mol. The Labute approximate surface area is 187 Å². The van der Waals surface area contributed by atoms with Gasteiger partial charge >= 0.3 is 0 Å². The first kappa shape index (κ1) is 20.9. The lowest BCUT2D eigenvalue weighted by Gasteiger charge is -2.31. The molecule has 9 nitrogen and oxygen atoms in total. The molecule has 0 aromatic carbocycles. The molecule has 2 amide bonds. The number of nitrogens with one attached hydrogen (secondary N) is 1. The highest BCUT2D eigenvalue weighted by atomic mass is 16.5. The van der Waals surface area contributed by atoms with Gasteiger partial charge in [-0.2, -0.15) is 5.10 Å². The minimum Gasteiger partial charge on any atom is -0.376 e. The number of carbonyl (C=O) groups is 2. The van der Waals surface area contributed by atoms with E-state index in [1.54, 1.807) is 11.1 Å². The van der Waals surface area contributed by atoms with Gasteiger partial charge in [0, 0.05) is 43.7 Å². The summed E-state index contributed by atoms with van der Waals surface area (Å²) in [5.74, 6) is 0.552. The van der Waals surface area contributed by atoms with Crippen LogP contribution in [0.1, 0.15) is 53.0 Å². The van der Waals surface area contributed by atoms with Crippen molar-refractivity contribution in [3.63, 3.8) is 0 Å². The molecule has 0 bridgehead atoms. The number of ether oxygens (including phenoxy) is 1. The van der Waals surface area contributed by atoms with Gasteiger partial charge in [0.1, 0.15) is 5.82 Å². The Morgan fingerprint density at radius 2 is 2.12 bits per heavy atom. The van der Waals surface area contributed by atoms with Gasteiger partial charge in [-0.05, 0) is 45.6 Å². The first-order valence-corrected chi connectivity index (χ1v) is 11.4. The maximum absolute atomic E-state index is 13.6. The van der Waals surface area contributed by atoms with Crippen LogP contribution in [0.15, 0.2) is 12.3 Å². The van der Waals surface area contributed by atoms with Gasteiger partial charge in [0.15, 0.2) is 0 Å². The van der Waals surface area contributed by atoms with Gasteiger partial charge in [-0.25, -0.2) is 4.98 Å². The van der Waals surface area contributed by atoms with Crippen LogP contribution in [0, 0.1) is 13.8 Å². The van der Waals surface area contributed by atoms with Crippen molar-refractivity contribution in [3.8, 4) is 0 Å². The summed E-state index contributed by atoms with van der Waals surface area (Å²) in [6, 6.07) is 2.04. The summed E-state index contributed by atoms with van der Waals surface area (Å²) >= 11 is 0. The van der Waals surface area contributed by atoms with Crippen molar-refractivity contribution in [2.24, 2.45) is 7.05 Å². The Balaban J connectivity index is 1.43. The molecule has 0 radical (unpaired) electrons. The second-order valence-electron chi connectivity index (χ2n) is 9.02. The van der Waals surface area contributed by atoms with Crippen molar-refractivity contribution >= 4 is 23.3 Å². The van der Waals surface area contributed by atoms with Crippen LogP contribution in [-0.4, -0.2) is 63.3 Å². The van der Waals surface area contributed by atoms with Crippen LogP contribution in [0.3, 0.4) is 0 Å². The summed E-state index contributed by atoms with van der Waals surface area (Å²) in [6.07, 6.45) is 5.62. The van der Waals surface area contributed by atoms with Crippen LogP contribution >= 0.6 is 0 Å². The highest BCUT2D eigenvalue weighted by molar-refractivity contribution is 6.04. The third-order valence-corrected chi connectivity index (χ3v) is 6.76. The van der Waals surface area contributed by atoms with Crippen molar-refractivity contribution in [1.29, 1.82) is 0 Å². The molecule has 1 unspecified atom stereocenters. The van der Waals surface area contributed by atoms with Crippen molar-refractivity contribution < 1.29 is 14.3 Å². The van der Waals surface area contributed by atoms with Crippen molar-refractivity contribution in [1.82, 2.24) is 19.7 Å². The molecule has 1 atom stereocenters. The molecule has 170 valence electrons. The third kappa shape index (κ3) is 3.85. The Morgan fingerprint density at radius 1 is 1.31 bits per heavy atom.